The molecule has 0 radical (unpaired) electrons. The van der Waals surface area contributed by atoms with E-state index >= 15 is 0 Å². The van der Waals surface area contributed by atoms with Crippen molar-refractivity contribution in [2.24, 2.45) is 0 Å². The molecule has 0 aliphatic rings. The van der Waals surface area contributed by atoms with Crippen LogP contribution in [0.3, 0.4) is 0 Å². The molecule has 0 saturated carbocycles. The third-order valence-corrected chi connectivity index (χ3v) is 4.34. The summed E-state index contributed by atoms with van der Waals surface area (Å²) in [5.41, 5.74) is -0.262. The fraction of sp³-hybridized carbons (Fsp3) is 0.917. The Bertz CT molecular complexity index is 237. The molecule has 0 spiro atoms. The van der Waals surface area contributed by atoms with Gasteiger partial charge >= 0.3 is 0 Å². The number of amides is 1. The van der Waals surface area contributed by atoms with Crippen LogP contribution >= 0.6 is 22.5 Å². The smallest absolute Gasteiger partial charge is 0.246 e. The largest absolute Gasteiger partial charge is 0.366 e. The molecule has 0 bridgehead atoms. The van der Waals surface area contributed by atoms with Gasteiger partial charge in [0, 0.05) is 11.3 Å². The number of carbonyl (C=O) groups is 1. The summed E-state index contributed by atoms with van der Waals surface area (Å²) in [5.74, 6) is -0.0451. The molecule has 0 heterocycles. The maximum Gasteiger partial charge on any atom is 0.246 e. The molecular weight excluding hydrogens is 254 g/mol. The maximum atomic E-state index is 11.4. The molecule has 3 nitrogen and oxygen atoms in total. The van der Waals surface area contributed by atoms with Crippen molar-refractivity contribution in [3.63, 3.8) is 0 Å². The minimum Gasteiger partial charge on any atom is -0.366 e. The summed E-state index contributed by atoms with van der Waals surface area (Å²) >= 11 is 4.22. The van der Waals surface area contributed by atoms with Crippen LogP contribution in [0.4, 0.5) is 0 Å². The first kappa shape index (κ1) is 17.1. The minimum absolute atomic E-state index is 0.0451. The van der Waals surface area contributed by atoms with Gasteiger partial charge in [0.25, 0.3) is 0 Å². The van der Waals surface area contributed by atoms with Gasteiger partial charge in [-0.25, -0.2) is 0 Å². The fourth-order valence-corrected chi connectivity index (χ4v) is 1.63. The molecular formula is C12H25NO2S2. The lowest BCUT2D eigenvalue weighted by atomic mass is 10.1. The predicted octanol–water partition coefficient (Wildman–Crippen LogP) is 3.05. The summed E-state index contributed by atoms with van der Waals surface area (Å²) in [6, 6.07) is 0. The monoisotopic (exact) mass is 279 g/mol. The van der Waals surface area contributed by atoms with E-state index < -0.39 is 0 Å². The van der Waals surface area contributed by atoms with Crippen LogP contribution in [0.5, 0.6) is 0 Å². The van der Waals surface area contributed by atoms with Crippen molar-refractivity contribution in [1.29, 1.82) is 0 Å². The molecule has 0 unspecified atom stereocenters. The highest BCUT2D eigenvalue weighted by molar-refractivity contribution is 8.69. The Hall–Kier alpha value is 0.130. The van der Waals surface area contributed by atoms with Crippen molar-refractivity contribution in [3.05, 3.63) is 0 Å². The van der Waals surface area contributed by atoms with Crippen LogP contribution in [0.1, 0.15) is 47.5 Å². The average Bonchev–Trinajstić information content (AvgIpc) is 2.20. The first-order chi connectivity index (χ1) is 7.66. The van der Waals surface area contributed by atoms with Crippen molar-refractivity contribution in [2.75, 3.05) is 13.2 Å². The highest BCUT2D eigenvalue weighted by Gasteiger charge is 2.16. The van der Waals surface area contributed by atoms with Gasteiger partial charge in [-0.15, -0.1) is 11.7 Å². The third kappa shape index (κ3) is 11.0. The van der Waals surface area contributed by atoms with E-state index in [4.69, 9.17) is 4.74 Å². The molecule has 0 aromatic heterocycles. The lowest BCUT2D eigenvalue weighted by molar-refractivity contribution is -0.130. The van der Waals surface area contributed by atoms with Crippen LogP contribution in [0.2, 0.25) is 0 Å². The second-order valence-corrected chi connectivity index (χ2v) is 7.54. The van der Waals surface area contributed by atoms with Crippen molar-refractivity contribution >= 4 is 28.4 Å². The molecule has 0 rings (SSSR count). The Labute approximate surface area is 114 Å². The predicted molar refractivity (Wildman–Crippen MR) is 78.6 cm³/mol. The summed E-state index contributed by atoms with van der Waals surface area (Å²) in [6.07, 6.45) is 1.99. The standard InChI is InChI=1S/C12H25NO2S2/c1-11(2,3)15-9-10(14)13-8-6-7-12(4,5)17-16/h16H,6-9H2,1-5H3,(H,13,14). The molecule has 0 aliphatic heterocycles. The van der Waals surface area contributed by atoms with E-state index in [0.717, 1.165) is 12.8 Å². The Morgan fingerprint density at radius 2 is 1.88 bits per heavy atom. The maximum absolute atomic E-state index is 11.4. The molecule has 5 heteroatoms. The van der Waals surface area contributed by atoms with E-state index in [0.29, 0.717) is 6.54 Å². The number of thiol groups is 1. The number of hydrogen-bond acceptors (Lipinski definition) is 4. The highest BCUT2D eigenvalue weighted by atomic mass is 33.1. The van der Waals surface area contributed by atoms with Crippen molar-refractivity contribution in [1.82, 2.24) is 5.32 Å². The third-order valence-electron chi connectivity index (χ3n) is 2.16. The zero-order valence-electron chi connectivity index (χ0n) is 11.5. The van der Waals surface area contributed by atoms with Crippen LogP contribution in [0, 0.1) is 0 Å². The summed E-state index contributed by atoms with van der Waals surface area (Å²) in [4.78, 5) is 11.4. The number of nitrogens with one attached hydrogen (secondary N) is 1. The van der Waals surface area contributed by atoms with Gasteiger partial charge in [-0.05, 0) is 47.5 Å². The van der Waals surface area contributed by atoms with Gasteiger partial charge in [-0.3, -0.25) is 4.79 Å². The SMILES string of the molecule is CC(C)(C)OCC(=O)NCCCC(C)(C)SS. The first-order valence-corrected chi connectivity index (χ1v) is 7.76. The van der Waals surface area contributed by atoms with E-state index in [2.05, 4.69) is 30.8 Å². The minimum atomic E-state index is -0.262. The van der Waals surface area contributed by atoms with Crippen LogP contribution < -0.4 is 5.32 Å². The van der Waals surface area contributed by atoms with Gasteiger partial charge in [0.1, 0.15) is 6.61 Å². The molecule has 102 valence electrons. The van der Waals surface area contributed by atoms with Crippen LogP contribution in [0.25, 0.3) is 0 Å². The molecule has 0 aromatic rings. The van der Waals surface area contributed by atoms with E-state index in [1.807, 2.05) is 20.8 Å². The van der Waals surface area contributed by atoms with Crippen molar-refractivity contribution in [2.45, 2.75) is 57.8 Å². The summed E-state index contributed by atoms with van der Waals surface area (Å²) in [7, 11) is 1.56. The Morgan fingerprint density at radius 3 is 2.35 bits per heavy atom. The van der Waals surface area contributed by atoms with E-state index in [9.17, 15) is 4.79 Å². The quantitative estimate of drug-likeness (QED) is 0.427. The van der Waals surface area contributed by atoms with Crippen LogP contribution in [-0.2, 0) is 9.53 Å². The molecule has 0 aromatic carbocycles. The first-order valence-electron chi connectivity index (χ1n) is 5.89. The fourth-order valence-electron chi connectivity index (χ4n) is 1.12. The van der Waals surface area contributed by atoms with Crippen LogP contribution in [0.15, 0.2) is 0 Å². The highest BCUT2D eigenvalue weighted by Crippen LogP contribution is 2.31. The van der Waals surface area contributed by atoms with E-state index in [-0.39, 0.29) is 22.9 Å². The molecule has 1 amide bonds. The van der Waals surface area contributed by atoms with E-state index in [1.165, 1.54) is 0 Å². The Kier molecular flexibility index (Phi) is 7.60. The Morgan fingerprint density at radius 1 is 1.29 bits per heavy atom. The zero-order valence-corrected chi connectivity index (χ0v) is 13.2. The second kappa shape index (κ2) is 7.54. The normalized spacial score (nSPS) is 12.6. The average molecular weight is 279 g/mol. The van der Waals surface area contributed by atoms with Crippen molar-refractivity contribution < 1.29 is 9.53 Å². The molecule has 0 aliphatic carbocycles. The zero-order chi connectivity index (χ0) is 13.5. The molecule has 17 heavy (non-hydrogen) atoms. The van der Waals surface area contributed by atoms with Gasteiger partial charge in [0.05, 0.1) is 5.60 Å². The number of hydrogen-bond donors (Lipinski definition) is 2. The summed E-state index contributed by atoms with van der Waals surface area (Å²) in [5, 5.41) is 2.85. The van der Waals surface area contributed by atoms with E-state index in [1.54, 1.807) is 10.8 Å². The number of ether oxygens (including phenoxy) is 1. The van der Waals surface area contributed by atoms with Gasteiger partial charge in [-0.1, -0.05) is 10.8 Å². The molecule has 1 N–H and O–H groups in total. The lowest BCUT2D eigenvalue weighted by Crippen LogP contribution is -2.33. The van der Waals surface area contributed by atoms with Crippen molar-refractivity contribution in [3.8, 4) is 0 Å². The lowest BCUT2D eigenvalue weighted by Gasteiger charge is -2.21. The summed E-state index contributed by atoms with van der Waals surface area (Å²) in [6.45, 7) is 10.9. The van der Waals surface area contributed by atoms with Gasteiger partial charge in [-0.2, -0.15) is 0 Å². The number of rotatable bonds is 7. The molecule has 0 saturated heterocycles. The Balaban J connectivity index is 3.59. The van der Waals surface area contributed by atoms with Gasteiger partial charge in [0.15, 0.2) is 0 Å². The van der Waals surface area contributed by atoms with Gasteiger partial charge < -0.3 is 10.1 Å². The molecule has 0 atom stereocenters. The molecule has 0 fully saturated rings. The number of carbonyl (C=O) groups excluding carboxylic acids is 1. The van der Waals surface area contributed by atoms with Gasteiger partial charge in [0.2, 0.25) is 5.91 Å². The topological polar surface area (TPSA) is 38.3 Å². The van der Waals surface area contributed by atoms with Crippen LogP contribution in [-0.4, -0.2) is 29.4 Å². The second-order valence-electron chi connectivity index (χ2n) is 5.71. The summed E-state index contributed by atoms with van der Waals surface area (Å²) < 4.78 is 5.54.